The largest absolute Gasteiger partial charge is 0.383 e. The molecule has 18 heavy (non-hydrogen) atoms. The number of nitrogens with zero attached hydrogens (tertiary/aromatic N) is 4. The second-order valence-corrected chi connectivity index (χ2v) is 6.03. The van der Waals surface area contributed by atoms with Gasteiger partial charge in [0.05, 0.1) is 10.6 Å². The van der Waals surface area contributed by atoms with Crippen molar-refractivity contribution in [1.29, 1.82) is 0 Å². The summed E-state index contributed by atoms with van der Waals surface area (Å²) in [4.78, 5) is 14.9. The molecule has 3 rings (SSSR count). The van der Waals surface area contributed by atoms with E-state index in [1.54, 1.807) is 11.8 Å². The fourth-order valence-electron chi connectivity index (χ4n) is 2.39. The molecular weight excluding hydrogens is 246 g/mol. The third-order valence-corrected chi connectivity index (χ3v) is 4.77. The molecular formula is C12H19N5S. The molecule has 98 valence electrons. The third kappa shape index (κ3) is 2.27. The molecule has 1 fully saturated rings. The van der Waals surface area contributed by atoms with Gasteiger partial charge in [-0.2, -0.15) is 4.98 Å². The van der Waals surface area contributed by atoms with Crippen LogP contribution in [0.2, 0.25) is 0 Å². The molecule has 0 atom stereocenters. The van der Waals surface area contributed by atoms with Crippen LogP contribution in [0.15, 0.2) is 4.90 Å². The Bertz CT molecular complexity index is 442. The van der Waals surface area contributed by atoms with Crippen LogP contribution in [0.4, 0.5) is 11.8 Å². The number of likely N-dealkylation sites (N-methyl/N-ethyl adjacent to an activating group) is 1. The van der Waals surface area contributed by atoms with Gasteiger partial charge in [-0.05, 0) is 25.6 Å². The zero-order valence-corrected chi connectivity index (χ0v) is 11.5. The molecule has 0 spiro atoms. The minimum Gasteiger partial charge on any atom is -0.383 e. The first-order chi connectivity index (χ1) is 8.74. The summed E-state index contributed by atoms with van der Waals surface area (Å²) in [5.41, 5.74) is 7.21. The van der Waals surface area contributed by atoms with Crippen LogP contribution in [0, 0.1) is 0 Å². The molecule has 6 heteroatoms. The van der Waals surface area contributed by atoms with E-state index in [9.17, 15) is 0 Å². The summed E-state index contributed by atoms with van der Waals surface area (Å²) in [5.74, 6) is 2.62. The highest BCUT2D eigenvalue weighted by atomic mass is 32.2. The van der Waals surface area contributed by atoms with E-state index >= 15 is 0 Å². The van der Waals surface area contributed by atoms with Gasteiger partial charge in [-0.3, -0.25) is 0 Å². The van der Waals surface area contributed by atoms with E-state index in [1.165, 1.54) is 6.42 Å². The molecule has 1 aromatic rings. The number of rotatable bonds is 1. The lowest BCUT2D eigenvalue weighted by Gasteiger charge is -2.33. The number of hydrogen-bond acceptors (Lipinski definition) is 6. The van der Waals surface area contributed by atoms with Crippen LogP contribution in [0.25, 0.3) is 0 Å². The van der Waals surface area contributed by atoms with Crippen LogP contribution in [0.5, 0.6) is 0 Å². The van der Waals surface area contributed by atoms with Crippen molar-refractivity contribution in [1.82, 2.24) is 14.9 Å². The van der Waals surface area contributed by atoms with Crippen molar-refractivity contribution in [3.63, 3.8) is 0 Å². The highest BCUT2D eigenvalue weighted by Gasteiger charge is 2.21. The molecule has 0 unspecified atom stereocenters. The number of fused-ring (bicyclic) bond motifs is 1. The van der Waals surface area contributed by atoms with Gasteiger partial charge < -0.3 is 15.5 Å². The quantitative estimate of drug-likeness (QED) is 0.812. The Hall–Kier alpha value is -1.01. The first kappa shape index (κ1) is 12.0. The van der Waals surface area contributed by atoms with E-state index in [1.807, 2.05) is 0 Å². The second kappa shape index (κ2) is 4.93. The fourth-order valence-corrected chi connectivity index (χ4v) is 3.39. The molecule has 1 saturated heterocycles. The van der Waals surface area contributed by atoms with Gasteiger partial charge in [0.25, 0.3) is 0 Å². The van der Waals surface area contributed by atoms with Crippen LogP contribution >= 0.6 is 11.8 Å². The van der Waals surface area contributed by atoms with Crippen LogP contribution in [0.1, 0.15) is 12.1 Å². The van der Waals surface area contributed by atoms with E-state index in [0.29, 0.717) is 5.82 Å². The van der Waals surface area contributed by atoms with Gasteiger partial charge in [0.2, 0.25) is 5.95 Å². The van der Waals surface area contributed by atoms with Crippen molar-refractivity contribution < 1.29 is 0 Å². The Morgan fingerprint density at radius 1 is 1.17 bits per heavy atom. The molecule has 0 saturated carbocycles. The normalized spacial score (nSPS) is 20.8. The number of nitrogens with two attached hydrogens (primary N) is 1. The SMILES string of the molecule is CN1CCN(c2nc(N)c3c(n2)CCCS3)CC1. The van der Waals surface area contributed by atoms with Crippen molar-refractivity contribution in [2.75, 3.05) is 49.6 Å². The van der Waals surface area contributed by atoms with E-state index in [2.05, 4.69) is 21.8 Å². The van der Waals surface area contributed by atoms with Gasteiger partial charge >= 0.3 is 0 Å². The Kier molecular flexibility index (Phi) is 3.30. The zero-order valence-electron chi connectivity index (χ0n) is 10.7. The maximum Gasteiger partial charge on any atom is 0.227 e. The Balaban J connectivity index is 1.86. The molecule has 2 N–H and O–H groups in total. The predicted molar refractivity (Wildman–Crippen MR) is 75.2 cm³/mol. The number of aryl methyl sites for hydroxylation is 1. The lowest BCUT2D eigenvalue weighted by Crippen LogP contribution is -2.45. The Morgan fingerprint density at radius 3 is 2.72 bits per heavy atom. The summed E-state index contributed by atoms with van der Waals surface area (Å²) in [5, 5.41) is 0. The minimum atomic E-state index is 0.665. The number of thioether (sulfide) groups is 1. The number of aromatic nitrogens is 2. The van der Waals surface area contributed by atoms with E-state index in [0.717, 1.165) is 54.9 Å². The standard InChI is InChI=1S/C12H19N5S/c1-16-4-6-17(7-5-16)12-14-9-3-2-8-18-10(9)11(13)15-12/h2-8H2,1H3,(H2,13,14,15). The summed E-state index contributed by atoms with van der Waals surface area (Å²) in [6.45, 7) is 4.11. The highest BCUT2D eigenvalue weighted by Crippen LogP contribution is 2.33. The van der Waals surface area contributed by atoms with Crippen LogP contribution < -0.4 is 10.6 Å². The van der Waals surface area contributed by atoms with Gasteiger partial charge in [0.15, 0.2) is 0 Å². The molecule has 0 aromatic carbocycles. The molecule has 5 nitrogen and oxygen atoms in total. The number of nitrogen functional groups attached to an aromatic ring is 1. The highest BCUT2D eigenvalue weighted by molar-refractivity contribution is 7.99. The molecule has 2 aliphatic rings. The molecule has 0 radical (unpaired) electrons. The maximum absolute atomic E-state index is 6.07. The van der Waals surface area contributed by atoms with Gasteiger partial charge in [0.1, 0.15) is 5.82 Å². The van der Waals surface area contributed by atoms with Crippen molar-refractivity contribution in [2.45, 2.75) is 17.7 Å². The van der Waals surface area contributed by atoms with Crippen molar-refractivity contribution in [3.8, 4) is 0 Å². The zero-order chi connectivity index (χ0) is 12.5. The summed E-state index contributed by atoms with van der Waals surface area (Å²) >= 11 is 1.79. The van der Waals surface area contributed by atoms with Crippen LogP contribution in [-0.4, -0.2) is 53.8 Å². The lowest BCUT2D eigenvalue weighted by atomic mass is 10.2. The first-order valence-electron chi connectivity index (χ1n) is 6.47. The summed E-state index contributed by atoms with van der Waals surface area (Å²) in [7, 11) is 2.15. The van der Waals surface area contributed by atoms with Gasteiger partial charge in [-0.15, -0.1) is 11.8 Å². The fraction of sp³-hybridized carbons (Fsp3) is 0.667. The van der Waals surface area contributed by atoms with E-state index in [4.69, 9.17) is 10.7 Å². The van der Waals surface area contributed by atoms with Crippen molar-refractivity contribution in [3.05, 3.63) is 5.69 Å². The van der Waals surface area contributed by atoms with Crippen molar-refractivity contribution >= 4 is 23.5 Å². The van der Waals surface area contributed by atoms with Gasteiger partial charge in [0, 0.05) is 26.2 Å². The average Bonchev–Trinajstić information content (AvgIpc) is 2.39. The maximum atomic E-state index is 6.07. The van der Waals surface area contributed by atoms with Gasteiger partial charge in [-0.25, -0.2) is 4.98 Å². The second-order valence-electron chi connectivity index (χ2n) is 4.93. The Morgan fingerprint density at radius 2 is 1.94 bits per heavy atom. The number of hydrogen-bond donors (Lipinski definition) is 1. The smallest absolute Gasteiger partial charge is 0.227 e. The Labute approximate surface area is 112 Å². The molecule has 0 bridgehead atoms. The predicted octanol–water partition coefficient (Wildman–Crippen LogP) is 0.849. The number of anilines is 2. The summed E-state index contributed by atoms with van der Waals surface area (Å²) < 4.78 is 0. The molecule has 0 amide bonds. The van der Waals surface area contributed by atoms with Crippen LogP contribution in [0.3, 0.4) is 0 Å². The average molecular weight is 265 g/mol. The first-order valence-corrected chi connectivity index (χ1v) is 7.45. The number of piperazine rings is 1. The lowest BCUT2D eigenvalue weighted by molar-refractivity contribution is 0.311. The van der Waals surface area contributed by atoms with Crippen LogP contribution in [-0.2, 0) is 6.42 Å². The third-order valence-electron chi connectivity index (χ3n) is 3.54. The topological polar surface area (TPSA) is 58.3 Å². The molecule has 2 aliphatic heterocycles. The van der Waals surface area contributed by atoms with E-state index in [-0.39, 0.29) is 0 Å². The monoisotopic (exact) mass is 265 g/mol. The molecule has 1 aromatic heterocycles. The van der Waals surface area contributed by atoms with Gasteiger partial charge in [-0.1, -0.05) is 0 Å². The molecule has 3 heterocycles. The van der Waals surface area contributed by atoms with E-state index < -0.39 is 0 Å². The van der Waals surface area contributed by atoms with Crippen molar-refractivity contribution in [2.24, 2.45) is 0 Å². The minimum absolute atomic E-state index is 0.665. The summed E-state index contributed by atoms with van der Waals surface area (Å²) in [6.07, 6.45) is 2.23. The molecule has 0 aliphatic carbocycles. The summed E-state index contributed by atoms with van der Waals surface area (Å²) in [6, 6.07) is 0.